The summed E-state index contributed by atoms with van der Waals surface area (Å²) in [5, 5.41) is 6.42. The highest BCUT2D eigenvalue weighted by Gasteiger charge is 2.13. The molecule has 0 unspecified atom stereocenters. The Bertz CT molecular complexity index is 946. The van der Waals surface area contributed by atoms with Gasteiger partial charge in [0.1, 0.15) is 5.75 Å². The smallest absolute Gasteiger partial charge is 0.119 e. The maximum absolute atomic E-state index is 6.20. The van der Waals surface area contributed by atoms with Crippen LogP contribution in [0.3, 0.4) is 0 Å². The van der Waals surface area contributed by atoms with Gasteiger partial charge >= 0.3 is 0 Å². The molecule has 3 aromatic rings. The van der Waals surface area contributed by atoms with Crippen LogP contribution in [0.15, 0.2) is 36.4 Å². The van der Waals surface area contributed by atoms with Gasteiger partial charge in [0.05, 0.1) is 30.4 Å². The van der Waals surface area contributed by atoms with E-state index >= 15 is 0 Å². The molecule has 6 heteroatoms. The van der Waals surface area contributed by atoms with Gasteiger partial charge in [0.2, 0.25) is 0 Å². The van der Waals surface area contributed by atoms with Gasteiger partial charge in [-0.05, 0) is 50.2 Å². The molecule has 0 aliphatic rings. The summed E-state index contributed by atoms with van der Waals surface area (Å²) < 4.78 is 10.7. The number of aromatic nitrogens is 1. The van der Waals surface area contributed by atoms with E-state index < -0.39 is 0 Å². The lowest BCUT2D eigenvalue weighted by atomic mass is 10.1. The van der Waals surface area contributed by atoms with Crippen molar-refractivity contribution in [1.82, 2.24) is 9.88 Å². The summed E-state index contributed by atoms with van der Waals surface area (Å²) in [6, 6.07) is 12.2. The van der Waals surface area contributed by atoms with Crippen LogP contribution in [-0.4, -0.2) is 56.4 Å². The van der Waals surface area contributed by atoms with Crippen LogP contribution in [0.25, 0.3) is 21.8 Å². The lowest BCUT2D eigenvalue weighted by molar-refractivity contribution is 0.132. The van der Waals surface area contributed by atoms with E-state index in [4.69, 9.17) is 26.1 Å². The van der Waals surface area contributed by atoms with E-state index in [1.54, 1.807) is 14.2 Å². The molecule has 28 heavy (non-hydrogen) atoms. The van der Waals surface area contributed by atoms with Crippen LogP contribution in [0, 0.1) is 0 Å². The van der Waals surface area contributed by atoms with E-state index in [9.17, 15) is 0 Å². The third-order valence-electron chi connectivity index (χ3n) is 4.96. The van der Waals surface area contributed by atoms with Crippen LogP contribution in [0.4, 0.5) is 5.69 Å². The Balaban J connectivity index is 1.94. The van der Waals surface area contributed by atoms with Crippen molar-refractivity contribution in [2.24, 2.45) is 0 Å². The number of rotatable bonds is 9. The molecule has 2 aromatic carbocycles. The van der Waals surface area contributed by atoms with Gasteiger partial charge in [-0.1, -0.05) is 11.6 Å². The Morgan fingerprint density at radius 1 is 1.04 bits per heavy atom. The highest BCUT2D eigenvalue weighted by molar-refractivity contribution is 6.31. The summed E-state index contributed by atoms with van der Waals surface area (Å²) in [6.45, 7) is 7.80. The van der Waals surface area contributed by atoms with Crippen molar-refractivity contribution in [3.05, 3.63) is 41.4 Å². The number of nitrogens with zero attached hydrogens (tertiary/aromatic N) is 2. The Kier molecular flexibility index (Phi) is 6.94. The van der Waals surface area contributed by atoms with E-state index in [-0.39, 0.29) is 0 Å². The van der Waals surface area contributed by atoms with Crippen molar-refractivity contribution in [3.63, 3.8) is 0 Å². The second kappa shape index (κ2) is 9.41. The number of benzene rings is 2. The summed E-state index contributed by atoms with van der Waals surface area (Å²) >= 11 is 6.20. The fourth-order valence-electron chi connectivity index (χ4n) is 3.38. The second-order valence-electron chi connectivity index (χ2n) is 7.08. The monoisotopic (exact) mass is 401 g/mol. The largest absolute Gasteiger partial charge is 0.497 e. The van der Waals surface area contributed by atoms with E-state index in [1.807, 2.05) is 36.4 Å². The number of nitrogens with one attached hydrogen (secondary N) is 1. The Labute approximate surface area is 171 Å². The van der Waals surface area contributed by atoms with Crippen LogP contribution < -0.4 is 10.1 Å². The fraction of sp³-hybridized carbons (Fsp3) is 0.409. The number of pyridine rings is 1. The second-order valence-corrected chi connectivity index (χ2v) is 7.52. The number of halogens is 1. The standard InChI is InChI=1S/C22H28ClN3O2/c1-15(2)26(11-12-27-3)10-9-24-22-18-7-5-16(23)13-21(18)25-20-8-6-17(28-4)14-19(20)22/h5-8,13-15H,9-12H2,1-4H3,(H,24,25). The van der Waals surface area contributed by atoms with Crippen LogP contribution in [0.5, 0.6) is 5.75 Å². The number of hydrogen-bond acceptors (Lipinski definition) is 5. The predicted octanol–water partition coefficient (Wildman–Crippen LogP) is 4.82. The summed E-state index contributed by atoms with van der Waals surface area (Å²) in [4.78, 5) is 7.18. The van der Waals surface area contributed by atoms with Gasteiger partial charge in [-0.15, -0.1) is 0 Å². The van der Waals surface area contributed by atoms with Gasteiger partial charge in [-0.3, -0.25) is 4.90 Å². The molecule has 0 atom stereocenters. The lowest BCUT2D eigenvalue weighted by Crippen LogP contribution is -2.37. The molecule has 5 nitrogen and oxygen atoms in total. The fourth-order valence-corrected chi connectivity index (χ4v) is 3.54. The number of methoxy groups -OCH3 is 2. The van der Waals surface area contributed by atoms with Crippen molar-refractivity contribution in [3.8, 4) is 5.75 Å². The number of ether oxygens (including phenoxy) is 2. The molecule has 0 amide bonds. The average Bonchev–Trinajstić information content (AvgIpc) is 2.69. The van der Waals surface area contributed by atoms with Crippen molar-refractivity contribution in [1.29, 1.82) is 0 Å². The van der Waals surface area contributed by atoms with Crippen LogP contribution in [0.2, 0.25) is 5.02 Å². The first kappa shape index (κ1) is 20.6. The Morgan fingerprint density at radius 3 is 2.57 bits per heavy atom. The molecule has 1 aromatic heterocycles. The zero-order valence-corrected chi connectivity index (χ0v) is 17.7. The average molecular weight is 402 g/mol. The molecule has 1 heterocycles. The van der Waals surface area contributed by atoms with Gasteiger partial charge in [-0.2, -0.15) is 0 Å². The zero-order chi connectivity index (χ0) is 20.1. The van der Waals surface area contributed by atoms with E-state index in [0.717, 1.165) is 59.5 Å². The first-order valence-corrected chi connectivity index (χ1v) is 9.95. The maximum atomic E-state index is 6.20. The lowest BCUT2D eigenvalue weighted by Gasteiger charge is -2.26. The molecule has 0 spiro atoms. The minimum Gasteiger partial charge on any atom is -0.497 e. The Hall–Kier alpha value is -2.08. The number of hydrogen-bond donors (Lipinski definition) is 1. The molecule has 1 N–H and O–H groups in total. The molecule has 0 fully saturated rings. The molecule has 0 radical (unpaired) electrons. The molecular formula is C22H28ClN3O2. The summed E-state index contributed by atoms with van der Waals surface area (Å²) in [6.07, 6.45) is 0. The first-order valence-electron chi connectivity index (χ1n) is 9.57. The molecule has 150 valence electrons. The normalized spacial score (nSPS) is 11.7. The maximum Gasteiger partial charge on any atom is 0.119 e. The summed E-state index contributed by atoms with van der Waals surface area (Å²) in [5.74, 6) is 0.814. The quantitative estimate of drug-likeness (QED) is 0.521. The Morgan fingerprint density at radius 2 is 1.86 bits per heavy atom. The summed E-state index contributed by atoms with van der Waals surface area (Å²) in [7, 11) is 3.42. The summed E-state index contributed by atoms with van der Waals surface area (Å²) in [5.41, 5.74) is 2.86. The van der Waals surface area contributed by atoms with Gasteiger partial charge in [0, 0.05) is 48.6 Å². The van der Waals surface area contributed by atoms with Crippen LogP contribution in [0.1, 0.15) is 13.8 Å². The molecule has 0 saturated heterocycles. The molecular weight excluding hydrogens is 374 g/mol. The van der Waals surface area contributed by atoms with Crippen LogP contribution >= 0.6 is 11.6 Å². The van der Waals surface area contributed by atoms with E-state index in [2.05, 4.69) is 24.1 Å². The van der Waals surface area contributed by atoms with Crippen molar-refractivity contribution < 1.29 is 9.47 Å². The third kappa shape index (κ3) is 4.66. The van der Waals surface area contributed by atoms with Crippen molar-refractivity contribution >= 4 is 39.1 Å². The first-order chi connectivity index (χ1) is 13.5. The molecule has 3 rings (SSSR count). The zero-order valence-electron chi connectivity index (χ0n) is 17.0. The minimum absolute atomic E-state index is 0.460. The van der Waals surface area contributed by atoms with E-state index in [0.29, 0.717) is 11.1 Å². The van der Waals surface area contributed by atoms with Crippen LogP contribution in [-0.2, 0) is 4.74 Å². The molecule has 0 saturated carbocycles. The van der Waals surface area contributed by atoms with Crippen molar-refractivity contribution in [2.45, 2.75) is 19.9 Å². The van der Waals surface area contributed by atoms with Gasteiger partial charge in [0.15, 0.2) is 0 Å². The highest BCUT2D eigenvalue weighted by Crippen LogP contribution is 2.34. The highest BCUT2D eigenvalue weighted by atomic mass is 35.5. The van der Waals surface area contributed by atoms with Gasteiger partial charge in [0.25, 0.3) is 0 Å². The molecule has 0 aliphatic carbocycles. The van der Waals surface area contributed by atoms with Gasteiger partial charge in [-0.25, -0.2) is 4.98 Å². The topological polar surface area (TPSA) is 46.6 Å². The number of anilines is 1. The minimum atomic E-state index is 0.460. The molecule has 0 bridgehead atoms. The van der Waals surface area contributed by atoms with Crippen molar-refractivity contribution in [2.75, 3.05) is 45.8 Å². The SMILES string of the molecule is COCCN(CCNc1c2ccc(Cl)cc2nc2ccc(OC)cc12)C(C)C. The predicted molar refractivity (Wildman–Crippen MR) is 118 cm³/mol. The molecule has 0 aliphatic heterocycles. The number of fused-ring (bicyclic) bond motifs is 2. The third-order valence-corrected chi connectivity index (χ3v) is 5.19. The van der Waals surface area contributed by atoms with Gasteiger partial charge < -0.3 is 14.8 Å². The van der Waals surface area contributed by atoms with E-state index in [1.165, 1.54) is 0 Å².